The number of hydrogen-bond acceptors (Lipinski definition) is 2. The van der Waals surface area contributed by atoms with Crippen molar-refractivity contribution in [3.05, 3.63) is 48.0 Å². The van der Waals surface area contributed by atoms with Crippen LogP contribution in [0.5, 0.6) is 0 Å². The Balaban J connectivity index is 2.27. The number of fused-ring (bicyclic) bond motifs is 1. The van der Waals surface area contributed by atoms with E-state index in [0.717, 1.165) is 18.4 Å². The summed E-state index contributed by atoms with van der Waals surface area (Å²) in [7, 11) is 0. The molecule has 0 heterocycles. The average Bonchev–Trinajstić information content (AvgIpc) is 2.39. The van der Waals surface area contributed by atoms with Gasteiger partial charge < -0.3 is 10.2 Å². The van der Waals surface area contributed by atoms with E-state index in [0.29, 0.717) is 0 Å². The van der Waals surface area contributed by atoms with Crippen molar-refractivity contribution < 1.29 is 10.2 Å². The first-order valence-electron chi connectivity index (χ1n) is 6.05. The van der Waals surface area contributed by atoms with E-state index in [2.05, 4.69) is 30.3 Å². The standard InChI is InChI=1S/C15H18O2/c16-9-3-6-15(11-17)14-8-7-12-4-1-2-5-13(12)10-14/h1-2,4-5,7-8,10,15-17H,3,6,9,11H2. The van der Waals surface area contributed by atoms with Crippen LogP contribution in [0.3, 0.4) is 0 Å². The summed E-state index contributed by atoms with van der Waals surface area (Å²) in [5.41, 5.74) is 1.15. The maximum Gasteiger partial charge on any atom is 0.0499 e. The van der Waals surface area contributed by atoms with Crippen LogP contribution in [0.1, 0.15) is 24.3 Å². The summed E-state index contributed by atoms with van der Waals surface area (Å²) in [5.74, 6) is 0.131. The molecule has 0 spiro atoms. The van der Waals surface area contributed by atoms with Crippen LogP contribution in [-0.4, -0.2) is 23.4 Å². The molecule has 17 heavy (non-hydrogen) atoms. The molecule has 2 rings (SSSR count). The maximum atomic E-state index is 9.40. The second kappa shape index (κ2) is 5.80. The molecule has 0 aromatic heterocycles. The predicted octanol–water partition coefficient (Wildman–Crippen LogP) is 2.69. The molecule has 2 aromatic carbocycles. The number of benzene rings is 2. The summed E-state index contributed by atoms with van der Waals surface area (Å²) >= 11 is 0. The van der Waals surface area contributed by atoms with Gasteiger partial charge >= 0.3 is 0 Å². The van der Waals surface area contributed by atoms with Crippen LogP contribution >= 0.6 is 0 Å². The molecule has 2 N–H and O–H groups in total. The number of aliphatic hydroxyl groups is 2. The molecule has 0 saturated heterocycles. The highest BCUT2D eigenvalue weighted by Crippen LogP contribution is 2.24. The summed E-state index contributed by atoms with van der Waals surface area (Å²) in [6.45, 7) is 0.322. The first-order valence-corrected chi connectivity index (χ1v) is 6.05. The first kappa shape index (κ1) is 12.1. The molecule has 1 unspecified atom stereocenters. The van der Waals surface area contributed by atoms with E-state index >= 15 is 0 Å². The zero-order chi connectivity index (χ0) is 12.1. The van der Waals surface area contributed by atoms with Crippen molar-refractivity contribution in [2.45, 2.75) is 18.8 Å². The molecule has 2 heteroatoms. The summed E-state index contributed by atoms with van der Waals surface area (Å²) < 4.78 is 0. The van der Waals surface area contributed by atoms with Crippen molar-refractivity contribution in [3.8, 4) is 0 Å². The molecule has 0 fully saturated rings. The fourth-order valence-corrected chi connectivity index (χ4v) is 2.16. The van der Waals surface area contributed by atoms with Gasteiger partial charge in [-0.3, -0.25) is 0 Å². The van der Waals surface area contributed by atoms with E-state index in [1.165, 1.54) is 10.8 Å². The third-order valence-corrected chi connectivity index (χ3v) is 3.18. The van der Waals surface area contributed by atoms with Gasteiger partial charge in [-0.1, -0.05) is 42.5 Å². The van der Waals surface area contributed by atoms with Crippen molar-refractivity contribution >= 4 is 10.8 Å². The Morgan fingerprint density at radius 2 is 1.71 bits per heavy atom. The first-order chi connectivity index (χ1) is 8.35. The molecule has 2 aromatic rings. The molecule has 0 radical (unpaired) electrons. The lowest BCUT2D eigenvalue weighted by Crippen LogP contribution is -2.05. The third-order valence-electron chi connectivity index (χ3n) is 3.18. The van der Waals surface area contributed by atoms with Gasteiger partial charge in [-0.05, 0) is 29.2 Å². The summed E-state index contributed by atoms with van der Waals surface area (Å²) in [4.78, 5) is 0. The van der Waals surface area contributed by atoms with Crippen molar-refractivity contribution in [2.75, 3.05) is 13.2 Å². The van der Waals surface area contributed by atoms with Crippen molar-refractivity contribution in [1.82, 2.24) is 0 Å². The van der Waals surface area contributed by atoms with Gasteiger partial charge in [-0.2, -0.15) is 0 Å². The Labute approximate surface area is 102 Å². The monoisotopic (exact) mass is 230 g/mol. The highest BCUT2D eigenvalue weighted by molar-refractivity contribution is 5.83. The van der Waals surface area contributed by atoms with Crippen LogP contribution in [-0.2, 0) is 0 Å². The van der Waals surface area contributed by atoms with Crippen molar-refractivity contribution in [1.29, 1.82) is 0 Å². The summed E-state index contributed by atoms with van der Waals surface area (Å²) in [6, 6.07) is 14.5. The quantitative estimate of drug-likeness (QED) is 0.829. The molecule has 0 aliphatic carbocycles. The molecular formula is C15H18O2. The van der Waals surface area contributed by atoms with E-state index in [1.807, 2.05) is 12.1 Å². The minimum absolute atomic E-state index is 0.131. The normalized spacial score (nSPS) is 12.8. The lowest BCUT2D eigenvalue weighted by atomic mass is 9.93. The minimum atomic E-state index is 0.131. The Bertz CT molecular complexity index is 479. The van der Waals surface area contributed by atoms with Crippen LogP contribution < -0.4 is 0 Å². The second-order valence-corrected chi connectivity index (χ2v) is 4.35. The van der Waals surface area contributed by atoms with E-state index in [9.17, 15) is 5.11 Å². The molecule has 0 bridgehead atoms. The Morgan fingerprint density at radius 1 is 0.941 bits per heavy atom. The van der Waals surface area contributed by atoms with Gasteiger partial charge in [0.1, 0.15) is 0 Å². The fraction of sp³-hybridized carbons (Fsp3) is 0.333. The van der Waals surface area contributed by atoms with Gasteiger partial charge in [0, 0.05) is 19.1 Å². The maximum absolute atomic E-state index is 9.40. The zero-order valence-corrected chi connectivity index (χ0v) is 9.84. The molecule has 0 aliphatic heterocycles. The Morgan fingerprint density at radius 3 is 2.41 bits per heavy atom. The van der Waals surface area contributed by atoms with Crippen LogP contribution in [0.15, 0.2) is 42.5 Å². The average molecular weight is 230 g/mol. The lowest BCUT2D eigenvalue weighted by molar-refractivity contribution is 0.237. The molecule has 2 nitrogen and oxygen atoms in total. The van der Waals surface area contributed by atoms with Crippen LogP contribution in [0, 0.1) is 0 Å². The summed E-state index contributed by atoms with van der Waals surface area (Å²) in [5, 5.41) is 20.7. The van der Waals surface area contributed by atoms with Gasteiger partial charge in [0.15, 0.2) is 0 Å². The second-order valence-electron chi connectivity index (χ2n) is 4.35. The molecule has 0 aliphatic rings. The van der Waals surface area contributed by atoms with E-state index < -0.39 is 0 Å². The molecule has 0 saturated carbocycles. The molecule has 1 atom stereocenters. The Hall–Kier alpha value is -1.38. The van der Waals surface area contributed by atoms with E-state index in [1.54, 1.807) is 0 Å². The predicted molar refractivity (Wildman–Crippen MR) is 70.1 cm³/mol. The van der Waals surface area contributed by atoms with E-state index in [4.69, 9.17) is 5.11 Å². The Kier molecular flexibility index (Phi) is 4.13. The topological polar surface area (TPSA) is 40.5 Å². The molecule has 90 valence electrons. The molecule has 0 amide bonds. The lowest BCUT2D eigenvalue weighted by Gasteiger charge is -2.14. The van der Waals surface area contributed by atoms with Gasteiger partial charge in [0.05, 0.1) is 0 Å². The highest BCUT2D eigenvalue weighted by Gasteiger charge is 2.10. The largest absolute Gasteiger partial charge is 0.396 e. The smallest absolute Gasteiger partial charge is 0.0499 e. The van der Waals surface area contributed by atoms with Crippen LogP contribution in [0.25, 0.3) is 10.8 Å². The van der Waals surface area contributed by atoms with Gasteiger partial charge in [-0.25, -0.2) is 0 Å². The van der Waals surface area contributed by atoms with Crippen molar-refractivity contribution in [3.63, 3.8) is 0 Å². The number of rotatable bonds is 5. The third kappa shape index (κ3) is 2.84. The fourth-order valence-electron chi connectivity index (χ4n) is 2.16. The SMILES string of the molecule is OCCCC(CO)c1ccc2ccccc2c1. The highest BCUT2D eigenvalue weighted by atomic mass is 16.3. The van der Waals surface area contributed by atoms with E-state index in [-0.39, 0.29) is 19.1 Å². The summed E-state index contributed by atoms with van der Waals surface area (Å²) in [6.07, 6.45) is 1.56. The van der Waals surface area contributed by atoms with Gasteiger partial charge in [0.2, 0.25) is 0 Å². The van der Waals surface area contributed by atoms with Gasteiger partial charge in [0.25, 0.3) is 0 Å². The van der Waals surface area contributed by atoms with Crippen LogP contribution in [0.4, 0.5) is 0 Å². The number of hydrogen-bond donors (Lipinski definition) is 2. The molecular weight excluding hydrogens is 212 g/mol. The zero-order valence-electron chi connectivity index (χ0n) is 9.84. The van der Waals surface area contributed by atoms with Crippen molar-refractivity contribution in [2.24, 2.45) is 0 Å². The minimum Gasteiger partial charge on any atom is -0.396 e. The van der Waals surface area contributed by atoms with Gasteiger partial charge in [-0.15, -0.1) is 0 Å². The number of aliphatic hydroxyl groups excluding tert-OH is 2. The van der Waals surface area contributed by atoms with Crippen LogP contribution in [0.2, 0.25) is 0 Å².